The van der Waals surface area contributed by atoms with E-state index in [0.717, 1.165) is 11.1 Å². The number of ether oxygens (including phenoxy) is 1. The van der Waals surface area contributed by atoms with Crippen LogP contribution in [0, 0.1) is 0 Å². The summed E-state index contributed by atoms with van der Waals surface area (Å²) in [5.41, 5.74) is 7.57. The van der Waals surface area contributed by atoms with Crippen LogP contribution in [0.4, 0.5) is 0 Å². The van der Waals surface area contributed by atoms with Gasteiger partial charge < -0.3 is 10.5 Å². The van der Waals surface area contributed by atoms with Crippen LogP contribution in [0.25, 0.3) is 0 Å². The fourth-order valence-corrected chi connectivity index (χ4v) is 3.98. The maximum Gasteiger partial charge on any atom is 0.217 e. The smallest absolute Gasteiger partial charge is 0.217 e. The third kappa shape index (κ3) is 3.58. The van der Waals surface area contributed by atoms with E-state index in [0.29, 0.717) is 39.1 Å². The van der Waals surface area contributed by atoms with Gasteiger partial charge in [-0.2, -0.15) is 0 Å². The summed E-state index contributed by atoms with van der Waals surface area (Å²) in [6.07, 6.45) is 1.16. The first-order valence-corrected chi connectivity index (χ1v) is 8.35. The molecule has 0 radical (unpaired) electrons. The molecule has 0 amide bonds. The second kappa shape index (κ2) is 6.67. The van der Waals surface area contributed by atoms with Gasteiger partial charge in [-0.3, -0.25) is 0 Å². The van der Waals surface area contributed by atoms with E-state index in [-0.39, 0.29) is 5.25 Å². The van der Waals surface area contributed by atoms with Gasteiger partial charge in [0.15, 0.2) is 0 Å². The highest BCUT2D eigenvalue weighted by Crippen LogP contribution is 2.20. The van der Waals surface area contributed by atoms with E-state index in [1.54, 1.807) is 7.05 Å². The lowest BCUT2D eigenvalue weighted by Crippen LogP contribution is -2.38. The summed E-state index contributed by atoms with van der Waals surface area (Å²) in [5, 5.41) is -0.315. The maximum absolute atomic E-state index is 12.5. The first kappa shape index (κ1) is 15.4. The summed E-state index contributed by atoms with van der Waals surface area (Å²) in [6.45, 7) is 1.95. The molecule has 1 aliphatic rings. The number of hydrogen-bond donors (Lipinski definition) is 1. The van der Waals surface area contributed by atoms with Gasteiger partial charge in [0.05, 0.1) is 5.25 Å². The lowest BCUT2D eigenvalue weighted by atomic mass is 10.1. The standard InChI is InChI=1S/C14H22N2O3S/c1-16(11-13-4-2-12(10-15)3-5-13)20(17,18)14-6-8-19-9-7-14/h2-5,14H,6-11,15H2,1H3. The highest BCUT2D eigenvalue weighted by atomic mass is 32.2. The molecule has 1 aromatic carbocycles. The average molecular weight is 298 g/mol. The van der Waals surface area contributed by atoms with Crippen LogP contribution in [0.1, 0.15) is 24.0 Å². The summed E-state index contributed by atoms with van der Waals surface area (Å²) in [5.74, 6) is 0. The molecule has 20 heavy (non-hydrogen) atoms. The number of nitrogens with two attached hydrogens (primary N) is 1. The minimum Gasteiger partial charge on any atom is -0.381 e. The number of benzene rings is 1. The molecule has 1 fully saturated rings. The largest absolute Gasteiger partial charge is 0.381 e. The van der Waals surface area contributed by atoms with Crippen LogP contribution < -0.4 is 5.73 Å². The predicted octanol–water partition coefficient (Wildman–Crippen LogP) is 1.09. The monoisotopic (exact) mass is 298 g/mol. The Labute approximate surface area is 120 Å². The van der Waals surface area contributed by atoms with Crippen molar-refractivity contribution in [2.24, 2.45) is 5.73 Å². The Morgan fingerprint density at radius 3 is 2.30 bits per heavy atom. The minimum atomic E-state index is -3.25. The molecule has 2 rings (SSSR count). The van der Waals surface area contributed by atoms with Crippen LogP contribution in [0.5, 0.6) is 0 Å². The third-order valence-corrected chi connectivity index (χ3v) is 6.00. The molecular formula is C14H22N2O3S. The fourth-order valence-electron chi connectivity index (χ4n) is 2.36. The molecule has 6 heteroatoms. The van der Waals surface area contributed by atoms with E-state index in [1.165, 1.54) is 4.31 Å². The molecule has 5 nitrogen and oxygen atoms in total. The van der Waals surface area contributed by atoms with Crippen molar-refractivity contribution in [1.29, 1.82) is 0 Å². The van der Waals surface area contributed by atoms with E-state index in [1.807, 2.05) is 24.3 Å². The summed E-state index contributed by atoms with van der Waals surface area (Å²) < 4.78 is 31.6. The van der Waals surface area contributed by atoms with Gasteiger partial charge in [-0.15, -0.1) is 0 Å². The highest BCUT2D eigenvalue weighted by Gasteiger charge is 2.31. The van der Waals surface area contributed by atoms with Crippen LogP contribution in [-0.2, 0) is 27.8 Å². The zero-order valence-electron chi connectivity index (χ0n) is 11.8. The molecule has 0 aliphatic carbocycles. The zero-order valence-corrected chi connectivity index (χ0v) is 12.6. The molecule has 1 heterocycles. The number of sulfonamides is 1. The Morgan fingerprint density at radius 1 is 1.20 bits per heavy atom. The molecule has 0 bridgehead atoms. The Balaban J connectivity index is 2.03. The molecule has 0 saturated carbocycles. The van der Waals surface area contributed by atoms with Gasteiger partial charge in [0.2, 0.25) is 10.0 Å². The summed E-state index contributed by atoms with van der Waals surface area (Å²) in [6, 6.07) is 7.73. The molecule has 0 aromatic heterocycles. The molecule has 1 aromatic rings. The van der Waals surface area contributed by atoms with Crippen LogP contribution in [0.15, 0.2) is 24.3 Å². The molecule has 112 valence electrons. The number of nitrogens with zero attached hydrogens (tertiary/aromatic N) is 1. The van der Waals surface area contributed by atoms with Gasteiger partial charge in [0.1, 0.15) is 0 Å². The number of hydrogen-bond acceptors (Lipinski definition) is 4. The Morgan fingerprint density at radius 2 is 1.75 bits per heavy atom. The first-order chi connectivity index (χ1) is 9.54. The van der Waals surface area contributed by atoms with E-state index in [9.17, 15) is 8.42 Å². The Hall–Kier alpha value is -0.950. The Bertz CT molecular complexity index is 522. The summed E-state index contributed by atoms with van der Waals surface area (Å²) in [4.78, 5) is 0. The molecule has 0 atom stereocenters. The summed E-state index contributed by atoms with van der Waals surface area (Å²) >= 11 is 0. The molecule has 1 saturated heterocycles. The maximum atomic E-state index is 12.5. The van der Waals surface area contributed by atoms with Crippen molar-refractivity contribution in [2.75, 3.05) is 20.3 Å². The van der Waals surface area contributed by atoms with Gasteiger partial charge in [-0.25, -0.2) is 12.7 Å². The van der Waals surface area contributed by atoms with Gasteiger partial charge in [-0.05, 0) is 24.0 Å². The van der Waals surface area contributed by atoms with E-state index in [2.05, 4.69) is 0 Å². The van der Waals surface area contributed by atoms with Gasteiger partial charge >= 0.3 is 0 Å². The molecule has 2 N–H and O–H groups in total. The molecular weight excluding hydrogens is 276 g/mol. The topological polar surface area (TPSA) is 72.6 Å². The van der Waals surface area contributed by atoms with Gasteiger partial charge in [0, 0.05) is 33.4 Å². The Kier molecular flexibility index (Phi) is 5.15. The van der Waals surface area contributed by atoms with Crippen LogP contribution in [0.2, 0.25) is 0 Å². The second-order valence-corrected chi connectivity index (χ2v) is 7.45. The van der Waals surface area contributed by atoms with Crippen molar-refractivity contribution >= 4 is 10.0 Å². The predicted molar refractivity (Wildman–Crippen MR) is 78.6 cm³/mol. The summed E-state index contributed by atoms with van der Waals surface area (Å²) in [7, 11) is -1.61. The van der Waals surface area contributed by atoms with Crippen molar-refractivity contribution in [1.82, 2.24) is 4.31 Å². The van der Waals surface area contributed by atoms with Crippen LogP contribution >= 0.6 is 0 Å². The van der Waals surface area contributed by atoms with Gasteiger partial charge in [-0.1, -0.05) is 24.3 Å². The van der Waals surface area contributed by atoms with E-state index in [4.69, 9.17) is 10.5 Å². The van der Waals surface area contributed by atoms with Crippen molar-refractivity contribution in [3.63, 3.8) is 0 Å². The van der Waals surface area contributed by atoms with E-state index < -0.39 is 10.0 Å². The first-order valence-electron chi connectivity index (χ1n) is 6.85. The molecule has 0 spiro atoms. The number of rotatable bonds is 5. The zero-order chi connectivity index (χ0) is 14.6. The molecule has 0 unspecified atom stereocenters. The fraction of sp³-hybridized carbons (Fsp3) is 0.571. The third-order valence-electron chi connectivity index (χ3n) is 3.69. The lowest BCUT2D eigenvalue weighted by molar-refractivity contribution is 0.0973. The highest BCUT2D eigenvalue weighted by molar-refractivity contribution is 7.89. The second-order valence-electron chi connectivity index (χ2n) is 5.13. The minimum absolute atomic E-state index is 0.315. The molecule has 1 aliphatic heterocycles. The van der Waals surface area contributed by atoms with Crippen LogP contribution in [0.3, 0.4) is 0 Å². The van der Waals surface area contributed by atoms with Crippen molar-refractivity contribution < 1.29 is 13.2 Å². The normalized spacial score (nSPS) is 17.6. The van der Waals surface area contributed by atoms with E-state index >= 15 is 0 Å². The van der Waals surface area contributed by atoms with Crippen molar-refractivity contribution in [3.8, 4) is 0 Å². The van der Waals surface area contributed by atoms with Gasteiger partial charge in [0.25, 0.3) is 0 Å². The van der Waals surface area contributed by atoms with Crippen molar-refractivity contribution in [2.45, 2.75) is 31.2 Å². The lowest BCUT2D eigenvalue weighted by Gasteiger charge is -2.27. The van der Waals surface area contributed by atoms with Crippen molar-refractivity contribution in [3.05, 3.63) is 35.4 Å². The average Bonchev–Trinajstić information content (AvgIpc) is 2.49. The quantitative estimate of drug-likeness (QED) is 0.883. The SMILES string of the molecule is CN(Cc1ccc(CN)cc1)S(=O)(=O)C1CCOCC1. The van der Waals surface area contributed by atoms with Crippen LogP contribution in [-0.4, -0.2) is 38.2 Å².